The SMILES string of the molecule is O=C(O)c1ccc2oc3c(c(=O)c2c1)CCC3=Cc1ccc(Cl)cc1. The van der Waals surface area contributed by atoms with Gasteiger partial charge in [-0.2, -0.15) is 0 Å². The van der Waals surface area contributed by atoms with E-state index in [4.69, 9.17) is 21.1 Å². The van der Waals surface area contributed by atoms with E-state index >= 15 is 0 Å². The molecule has 4 rings (SSSR count). The van der Waals surface area contributed by atoms with Crippen LogP contribution < -0.4 is 5.43 Å². The van der Waals surface area contributed by atoms with Crippen LogP contribution in [0, 0.1) is 0 Å². The highest BCUT2D eigenvalue weighted by atomic mass is 35.5. The van der Waals surface area contributed by atoms with Crippen LogP contribution >= 0.6 is 11.6 Å². The molecule has 0 saturated carbocycles. The molecule has 5 heteroatoms. The van der Waals surface area contributed by atoms with E-state index in [1.165, 1.54) is 12.1 Å². The topological polar surface area (TPSA) is 67.5 Å². The van der Waals surface area contributed by atoms with Crippen molar-refractivity contribution in [1.82, 2.24) is 0 Å². The van der Waals surface area contributed by atoms with Crippen molar-refractivity contribution in [1.29, 1.82) is 0 Å². The summed E-state index contributed by atoms with van der Waals surface area (Å²) in [6, 6.07) is 11.8. The second-order valence-electron chi connectivity index (χ2n) is 5.98. The molecular weight excluding hydrogens is 340 g/mol. The van der Waals surface area contributed by atoms with Crippen molar-refractivity contribution in [3.05, 3.63) is 80.2 Å². The zero-order valence-corrected chi connectivity index (χ0v) is 13.8. The molecule has 0 bridgehead atoms. The van der Waals surface area contributed by atoms with Gasteiger partial charge in [0.15, 0.2) is 5.43 Å². The number of carboxylic acids is 1. The van der Waals surface area contributed by atoms with Crippen LogP contribution in [0.5, 0.6) is 0 Å². The maximum atomic E-state index is 12.7. The van der Waals surface area contributed by atoms with Gasteiger partial charge in [0, 0.05) is 10.6 Å². The van der Waals surface area contributed by atoms with Crippen molar-refractivity contribution in [2.24, 2.45) is 0 Å². The largest absolute Gasteiger partial charge is 0.478 e. The van der Waals surface area contributed by atoms with Gasteiger partial charge in [-0.3, -0.25) is 4.79 Å². The monoisotopic (exact) mass is 352 g/mol. The summed E-state index contributed by atoms with van der Waals surface area (Å²) >= 11 is 5.91. The smallest absolute Gasteiger partial charge is 0.335 e. The maximum absolute atomic E-state index is 12.7. The Kier molecular flexibility index (Phi) is 3.70. The molecule has 0 radical (unpaired) electrons. The highest BCUT2D eigenvalue weighted by molar-refractivity contribution is 6.30. The lowest BCUT2D eigenvalue weighted by Crippen LogP contribution is -2.09. The second-order valence-corrected chi connectivity index (χ2v) is 6.41. The average Bonchev–Trinajstić information content (AvgIpc) is 3.00. The fraction of sp³-hybridized carbons (Fsp3) is 0.100. The summed E-state index contributed by atoms with van der Waals surface area (Å²) in [5.41, 5.74) is 2.87. The van der Waals surface area contributed by atoms with Crippen LogP contribution in [0.2, 0.25) is 5.02 Å². The van der Waals surface area contributed by atoms with E-state index in [2.05, 4.69) is 0 Å². The minimum Gasteiger partial charge on any atom is -0.478 e. The molecule has 1 N–H and O–H groups in total. The predicted molar refractivity (Wildman–Crippen MR) is 97.1 cm³/mol. The van der Waals surface area contributed by atoms with Crippen LogP contribution in [0.1, 0.15) is 33.7 Å². The molecule has 0 saturated heterocycles. The number of rotatable bonds is 2. The molecule has 1 heterocycles. The summed E-state index contributed by atoms with van der Waals surface area (Å²) in [6.45, 7) is 0. The first-order valence-corrected chi connectivity index (χ1v) is 8.20. The predicted octanol–water partition coefficient (Wildman–Crippen LogP) is 4.63. The van der Waals surface area contributed by atoms with Crippen molar-refractivity contribution in [3.63, 3.8) is 0 Å². The zero-order chi connectivity index (χ0) is 17.6. The number of hydrogen-bond donors (Lipinski definition) is 1. The second kappa shape index (κ2) is 5.90. The molecule has 0 unspecified atom stereocenters. The van der Waals surface area contributed by atoms with Gasteiger partial charge in [-0.05, 0) is 60.4 Å². The van der Waals surface area contributed by atoms with Crippen molar-refractivity contribution >= 4 is 40.2 Å². The van der Waals surface area contributed by atoms with Crippen LogP contribution in [0.15, 0.2) is 51.7 Å². The molecule has 124 valence electrons. The number of benzene rings is 2. The number of carboxylic acid groups (broad SMARTS) is 1. The molecule has 3 aromatic rings. The first kappa shape index (κ1) is 15.7. The Morgan fingerprint density at radius 2 is 1.88 bits per heavy atom. The fourth-order valence-electron chi connectivity index (χ4n) is 3.12. The Labute approximate surface area is 148 Å². The molecule has 0 amide bonds. The Bertz CT molecular complexity index is 1090. The molecule has 0 atom stereocenters. The number of aromatic carboxylic acids is 1. The molecule has 25 heavy (non-hydrogen) atoms. The third-order valence-corrected chi connectivity index (χ3v) is 4.63. The molecule has 1 aliphatic rings. The van der Waals surface area contributed by atoms with Crippen LogP contribution in [0.3, 0.4) is 0 Å². The molecule has 1 aromatic heterocycles. The van der Waals surface area contributed by atoms with Crippen LogP contribution in [-0.2, 0) is 6.42 Å². The van der Waals surface area contributed by atoms with Gasteiger partial charge >= 0.3 is 5.97 Å². The number of allylic oxidation sites excluding steroid dienone is 1. The van der Waals surface area contributed by atoms with Gasteiger partial charge in [0.25, 0.3) is 0 Å². The Morgan fingerprint density at radius 1 is 1.12 bits per heavy atom. The highest BCUT2D eigenvalue weighted by Gasteiger charge is 2.24. The van der Waals surface area contributed by atoms with Gasteiger partial charge in [0.05, 0.1) is 10.9 Å². The first-order valence-electron chi connectivity index (χ1n) is 7.82. The van der Waals surface area contributed by atoms with Gasteiger partial charge in [-0.1, -0.05) is 23.7 Å². The third-order valence-electron chi connectivity index (χ3n) is 4.38. The summed E-state index contributed by atoms with van der Waals surface area (Å²) in [5, 5.41) is 10.1. The van der Waals surface area contributed by atoms with E-state index in [9.17, 15) is 9.59 Å². The van der Waals surface area contributed by atoms with Crippen LogP contribution in [0.4, 0.5) is 0 Å². The summed E-state index contributed by atoms with van der Waals surface area (Å²) in [5.74, 6) is -0.472. The van der Waals surface area contributed by atoms with Gasteiger partial charge < -0.3 is 9.52 Å². The Morgan fingerprint density at radius 3 is 2.60 bits per heavy atom. The Balaban J connectivity index is 1.87. The Hall–Kier alpha value is -2.85. The highest BCUT2D eigenvalue weighted by Crippen LogP contribution is 2.34. The normalized spacial score (nSPS) is 14.8. The minimum absolute atomic E-state index is 0.0784. The molecular formula is C20H13ClO4. The molecule has 0 aliphatic heterocycles. The molecule has 0 spiro atoms. The maximum Gasteiger partial charge on any atom is 0.335 e. The van der Waals surface area contributed by atoms with Crippen molar-refractivity contribution in [3.8, 4) is 0 Å². The van der Waals surface area contributed by atoms with E-state index in [0.29, 0.717) is 40.2 Å². The number of fused-ring (bicyclic) bond motifs is 2. The van der Waals surface area contributed by atoms with Crippen molar-refractivity contribution in [2.45, 2.75) is 12.8 Å². The van der Waals surface area contributed by atoms with Crippen molar-refractivity contribution in [2.75, 3.05) is 0 Å². The van der Waals surface area contributed by atoms with Gasteiger partial charge in [0.1, 0.15) is 11.3 Å². The summed E-state index contributed by atoms with van der Waals surface area (Å²) in [7, 11) is 0. The van der Waals surface area contributed by atoms with Crippen LogP contribution in [-0.4, -0.2) is 11.1 Å². The van der Waals surface area contributed by atoms with E-state index in [0.717, 1.165) is 11.1 Å². The number of carbonyl (C=O) groups is 1. The lowest BCUT2D eigenvalue weighted by Gasteiger charge is -2.05. The molecule has 4 nitrogen and oxygen atoms in total. The van der Waals surface area contributed by atoms with Gasteiger partial charge in [0.2, 0.25) is 0 Å². The first-order chi connectivity index (χ1) is 12.0. The van der Waals surface area contributed by atoms with E-state index in [1.54, 1.807) is 6.07 Å². The van der Waals surface area contributed by atoms with Gasteiger partial charge in [-0.15, -0.1) is 0 Å². The van der Waals surface area contributed by atoms with Crippen LogP contribution in [0.25, 0.3) is 22.6 Å². The third kappa shape index (κ3) is 2.75. The standard InChI is InChI=1S/C20H13ClO4/c21-14-5-1-11(2-6-14)9-12-3-7-15-18(22)16-10-13(20(23)24)4-8-17(16)25-19(12)15/h1-2,4-6,8-10H,3,7H2,(H,23,24). The average molecular weight is 353 g/mol. The zero-order valence-electron chi connectivity index (χ0n) is 13.1. The summed E-state index contributed by atoms with van der Waals surface area (Å²) in [4.78, 5) is 23.9. The van der Waals surface area contributed by atoms with E-state index in [1.807, 2.05) is 30.3 Å². The van der Waals surface area contributed by atoms with E-state index in [-0.39, 0.29) is 11.0 Å². The van der Waals surface area contributed by atoms with Gasteiger partial charge in [-0.25, -0.2) is 4.79 Å². The molecule has 2 aromatic carbocycles. The summed E-state index contributed by atoms with van der Waals surface area (Å²) in [6.07, 6.45) is 3.28. The number of hydrogen-bond acceptors (Lipinski definition) is 3. The lowest BCUT2D eigenvalue weighted by molar-refractivity contribution is 0.0697. The molecule has 0 fully saturated rings. The summed E-state index contributed by atoms with van der Waals surface area (Å²) < 4.78 is 5.94. The minimum atomic E-state index is -1.06. The molecule has 1 aliphatic carbocycles. The fourth-order valence-corrected chi connectivity index (χ4v) is 3.25. The number of halogens is 1. The van der Waals surface area contributed by atoms with E-state index < -0.39 is 5.97 Å². The lowest BCUT2D eigenvalue weighted by atomic mass is 10.1. The van der Waals surface area contributed by atoms with Crippen molar-refractivity contribution < 1.29 is 14.3 Å². The quantitative estimate of drug-likeness (QED) is 0.730.